The van der Waals surface area contributed by atoms with Crippen molar-refractivity contribution in [1.29, 1.82) is 0 Å². The van der Waals surface area contributed by atoms with Gasteiger partial charge in [0.15, 0.2) is 0 Å². The number of benzene rings is 1. The van der Waals surface area contributed by atoms with Gasteiger partial charge in [-0.25, -0.2) is 4.98 Å². The third kappa shape index (κ3) is 4.37. The third-order valence-corrected chi connectivity index (χ3v) is 4.01. The molecule has 0 spiro atoms. The first-order valence-corrected chi connectivity index (χ1v) is 8.44. The maximum absolute atomic E-state index is 6.15. The fourth-order valence-electron chi connectivity index (χ4n) is 2.55. The van der Waals surface area contributed by atoms with Gasteiger partial charge in [0.1, 0.15) is 24.5 Å². The molecular weight excluding hydrogens is 342 g/mol. The normalized spacial score (nSPS) is 11.1. The molecule has 0 aliphatic heterocycles. The van der Waals surface area contributed by atoms with E-state index in [0.717, 1.165) is 29.8 Å². The van der Waals surface area contributed by atoms with E-state index in [0.29, 0.717) is 36.4 Å². The summed E-state index contributed by atoms with van der Waals surface area (Å²) < 4.78 is 12.7. The molecule has 8 heteroatoms. The Morgan fingerprint density at radius 2 is 2.12 bits per heavy atom. The number of ether oxygens (including phenoxy) is 2. The quantitative estimate of drug-likeness (QED) is 0.621. The van der Waals surface area contributed by atoms with Gasteiger partial charge in [-0.05, 0) is 38.0 Å². The molecule has 0 radical (unpaired) electrons. The largest absolute Gasteiger partial charge is 0.491 e. The van der Waals surface area contributed by atoms with E-state index in [2.05, 4.69) is 15.1 Å². The number of nitrogens with zero attached hydrogens (tertiary/aromatic N) is 4. The van der Waals surface area contributed by atoms with E-state index in [1.807, 2.05) is 25.1 Å². The standard InChI is InChI=1S/C17H20ClN5O2/c1-12-15(16(19)23-17(22-12)20-11-21-23)6-3-7-24-8-9-25-14-5-2-4-13(18)10-14/h2,4-5,10-11H,3,6-9,19H2,1H3. The smallest absolute Gasteiger partial charge is 0.254 e. The van der Waals surface area contributed by atoms with Gasteiger partial charge in [0, 0.05) is 22.9 Å². The van der Waals surface area contributed by atoms with Crippen molar-refractivity contribution in [2.75, 3.05) is 25.6 Å². The number of aromatic nitrogens is 4. The average Bonchev–Trinajstić information content (AvgIpc) is 3.05. The van der Waals surface area contributed by atoms with Crippen molar-refractivity contribution in [2.24, 2.45) is 0 Å². The van der Waals surface area contributed by atoms with Crippen LogP contribution in [0.3, 0.4) is 0 Å². The Bertz CT molecular complexity index is 852. The second-order valence-electron chi connectivity index (χ2n) is 5.55. The van der Waals surface area contributed by atoms with E-state index in [9.17, 15) is 0 Å². The van der Waals surface area contributed by atoms with Gasteiger partial charge in [0.05, 0.1) is 6.61 Å². The lowest BCUT2D eigenvalue weighted by atomic mass is 10.1. The van der Waals surface area contributed by atoms with E-state index in [-0.39, 0.29) is 0 Å². The Morgan fingerprint density at radius 1 is 1.24 bits per heavy atom. The highest BCUT2D eigenvalue weighted by atomic mass is 35.5. The van der Waals surface area contributed by atoms with Crippen molar-refractivity contribution in [2.45, 2.75) is 19.8 Å². The summed E-state index contributed by atoms with van der Waals surface area (Å²) in [6.45, 7) is 3.54. The molecule has 0 atom stereocenters. The minimum Gasteiger partial charge on any atom is -0.491 e. The van der Waals surface area contributed by atoms with Gasteiger partial charge < -0.3 is 15.2 Å². The monoisotopic (exact) mass is 361 g/mol. The van der Waals surface area contributed by atoms with Gasteiger partial charge in [-0.3, -0.25) is 0 Å². The first kappa shape index (κ1) is 17.4. The van der Waals surface area contributed by atoms with Crippen LogP contribution < -0.4 is 10.5 Å². The van der Waals surface area contributed by atoms with Crippen LogP contribution in [0.4, 0.5) is 5.82 Å². The van der Waals surface area contributed by atoms with Crippen molar-refractivity contribution in [3.05, 3.63) is 46.9 Å². The predicted molar refractivity (Wildman–Crippen MR) is 96.0 cm³/mol. The number of hydrogen-bond acceptors (Lipinski definition) is 6. The van der Waals surface area contributed by atoms with Crippen molar-refractivity contribution < 1.29 is 9.47 Å². The highest BCUT2D eigenvalue weighted by molar-refractivity contribution is 6.30. The molecule has 3 rings (SSSR count). The van der Waals surface area contributed by atoms with E-state index >= 15 is 0 Å². The van der Waals surface area contributed by atoms with Crippen molar-refractivity contribution in [1.82, 2.24) is 19.6 Å². The summed E-state index contributed by atoms with van der Waals surface area (Å²) in [4.78, 5) is 8.46. The number of aryl methyl sites for hydroxylation is 1. The number of rotatable bonds is 8. The SMILES string of the molecule is Cc1nc2ncnn2c(N)c1CCCOCCOc1cccc(Cl)c1. The molecule has 132 valence electrons. The number of nitrogen functional groups attached to an aromatic ring is 1. The summed E-state index contributed by atoms with van der Waals surface area (Å²) in [7, 11) is 0. The van der Waals surface area contributed by atoms with Crippen LogP contribution >= 0.6 is 11.6 Å². The first-order chi connectivity index (χ1) is 12.1. The molecule has 2 aromatic heterocycles. The molecule has 0 saturated heterocycles. The van der Waals surface area contributed by atoms with Crippen LogP contribution in [-0.2, 0) is 11.2 Å². The molecule has 0 aliphatic rings. The van der Waals surface area contributed by atoms with Gasteiger partial charge in [-0.1, -0.05) is 17.7 Å². The van der Waals surface area contributed by atoms with E-state index in [1.54, 1.807) is 10.6 Å². The van der Waals surface area contributed by atoms with E-state index in [1.165, 1.54) is 6.33 Å². The molecule has 0 amide bonds. The Labute approximate surface area is 150 Å². The van der Waals surface area contributed by atoms with Gasteiger partial charge in [0.25, 0.3) is 5.78 Å². The summed E-state index contributed by atoms with van der Waals surface area (Å²) in [6, 6.07) is 7.31. The zero-order valence-electron chi connectivity index (χ0n) is 14.0. The van der Waals surface area contributed by atoms with Crippen LogP contribution in [0.25, 0.3) is 5.78 Å². The second-order valence-corrected chi connectivity index (χ2v) is 5.99. The maximum atomic E-state index is 6.15. The maximum Gasteiger partial charge on any atom is 0.254 e. The lowest BCUT2D eigenvalue weighted by Gasteiger charge is -2.10. The zero-order valence-corrected chi connectivity index (χ0v) is 14.7. The summed E-state index contributed by atoms with van der Waals surface area (Å²) in [5, 5.41) is 4.74. The molecule has 2 N–H and O–H groups in total. The summed E-state index contributed by atoms with van der Waals surface area (Å²) in [6.07, 6.45) is 3.06. The number of hydrogen-bond donors (Lipinski definition) is 1. The number of halogens is 1. The molecule has 0 unspecified atom stereocenters. The van der Waals surface area contributed by atoms with Crippen molar-refractivity contribution in [3.63, 3.8) is 0 Å². The van der Waals surface area contributed by atoms with Crippen LogP contribution in [-0.4, -0.2) is 39.4 Å². The van der Waals surface area contributed by atoms with Crippen LogP contribution in [0.15, 0.2) is 30.6 Å². The Kier molecular flexibility index (Phi) is 5.67. The first-order valence-electron chi connectivity index (χ1n) is 8.06. The molecular formula is C17H20ClN5O2. The predicted octanol–water partition coefficient (Wildman–Crippen LogP) is 2.70. The zero-order chi connectivity index (χ0) is 17.6. The summed E-state index contributed by atoms with van der Waals surface area (Å²) >= 11 is 5.90. The molecule has 3 aromatic rings. The molecule has 25 heavy (non-hydrogen) atoms. The Balaban J connectivity index is 1.40. The van der Waals surface area contributed by atoms with Gasteiger partial charge in [-0.15, -0.1) is 0 Å². The molecule has 1 aromatic carbocycles. The topological polar surface area (TPSA) is 87.6 Å². The second kappa shape index (κ2) is 8.13. The van der Waals surface area contributed by atoms with Crippen molar-refractivity contribution in [3.8, 4) is 5.75 Å². The minimum absolute atomic E-state index is 0.480. The fourth-order valence-corrected chi connectivity index (χ4v) is 2.73. The van der Waals surface area contributed by atoms with E-state index < -0.39 is 0 Å². The Hall–Kier alpha value is -2.38. The molecule has 2 heterocycles. The highest BCUT2D eigenvalue weighted by Crippen LogP contribution is 2.18. The lowest BCUT2D eigenvalue weighted by molar-refractivity contribution is 0.0985. The van der Waals surface area contributed by atoms with Crippen LogP contribution in [0.2, 0.25) is 5.02 Å². The molecule has 0 bridgehead atoms. The van der Waals surface area contributed by atoms with Crippen LogP contribution in [0, 0.1) is 6.92 Å². The van der Waals surface area contributed by atoms with Crippen LogP contribution in [0.5, 0.6) is 5.75 Å². The van der Waals surface area contributed by atoms with Crippen molar-refractivity contribution >= 4 is 23.2 Å². The minimum atomic E-state index is 0.480. The third-order valence-electron chi connectivity index (χ3n) is 3.78. The number of anilines is 1. The van der Waals surface area contributed by atoms with E-state index in [4.69, 9.17) is 26.8 Å². The fraction of sp³-hybridized carbons (Fsp3) is 0.353. The molecule has 0 saturated carbocycles. The average molecular weight is 362 g/mol. The summed E-state index contributed by atoms with van der Waals surface area (Å²) in [5.41, 5.74) is 8.01. The number of nitrogens with two attached hydrogens (primary N) is 1. The van der Waals surface area contributed by atoms with Gasteiger partial charge >= 0.3 is 0 Å². The lowest BCUT2D eigenvalue weighted by Crippen LogP contribution is -2.11. The molecule has 0 fully saturated rings. The molecule has 7 nitrogen and oxygen atoms in total. The summed E-state index contributed by atoms with van der Waals surface area (Å²) in [5.74, 6) is 1.85. The Morgan fingerprint density at radius 3 is 2.96 bits per heavy atom. The van der Waals surface area contributed by atoms with Crippen LogP contribution in [0.1, 0.15) is 17.7 Å². The van der Waals surface area contributed by atoms with Gasteiger partial charge in [0.2, 0.25) is 0 Å². The highest BCUT2D eigenvalue weighted by Gasteiger charge is 2.11. The number of fused-ring (bicyclic) bond motifs is 1. The molecule has 0 aliphatic carbocycles. The van der Waals surface area contributed by atoms with Gasteiger partial charge in [-0.2, -0.15) is 14.6 Å².